The molecule has 4 heteroatoms. The molecule has 0 amide bonds. The van der Waals surface area contributed by atoms with E-state index in [0.29, 0.717) is 0 Å². The molecule has 1 N–H and O–H groups in total. The lowest BCUT2D eigenvalue weighted by Gasteiger charge is -1.93. The fourth-order valence-corrected chi connectivity index (χ4v) is 0.749. The van der Waals surface area contributed by atoms with Crippen LogP contribution in [0.1, 0.15) is 20.7 Å². The molecule has 0 spiro atoms. The van der Waals surface area contributed by atoms with E-state index in [2.05, 4.69) is 0 Å². The molecule has 1 aromatic carbocycles. The van der Waals surface area contributed by atoms with Gasteiger partial charge in [-0.15, -0.1) is 0 Å². The van der Waals surface area contributed by atoms with Crippen molar-refractivity contribution in [3.8, 4) is 0 Å². The van der Waals surface area contributed by atoms with Gasteiger partial charge in [-0.3, -0.25) is 0 Å². The largest absolute Gasteiger partial charge is 0.478 e. The predicted molar refractivity (Wildman–Crippen MR) is 38.4 cm³/mol. The number of carboxylic acid groups (broad SMARTS) is 1. The van der Waals surface area contributed by atoms with Crippen LogP contribution >= 0.6 is 0 Å². The average molecular weight is 165 g/mol. The van der Waals surface area contributed by atoms with Crippen LogP contribution < -0.4 is 0 Å². The highest BCUT2D eigenvalue weighted by atomic mass is 16.4. The first-order chi connectivity index (χ1) is 5.61. The molecule has 12 heavy (non-hydrogen) atoms. The van der Waals surface area contributed by atoms with Crippen molar-refractivity contribution in [1.29, 1.82) is 0 Å². The van der Waals surface area contributed by atoms with Crippen molar-refractivity contribution in [2.75, 3.05) is 0 Å². The topological polar surface area (TPSA) is 74.3 Å². The first-order valence-electron chi connectivity index (χ1n) is 3.16. The first-order valence-corrected chi connectivity index (χ1v) is 3.16. The van der Waals surface area contributed by atoms with Gasteiger partial charge in [0.2, 0.25) is 0 Å². The summed E-state index contributed by atoms with van der Waals surface area (Å²) in [5.41, 5.74) is 0.0278. The Morgan fingerprint density at radius 1 is 1.00 bits per heavy atom. The van der Waals surface area contributed by atoms with E-state index in [4.69, 9.17) is 5.11 Å². The van der Waals surface area contributed by atoms with Gasteiger partial charge in [0.25, 0.3) is 0 Å². The molecule has 1 aromatic rings. The Labute approximate surface area is 68.1 Å². The summed E-state index contributed by atoms with van der Waals surface area (Å²) in [4.78, 5) is 20.5. The van der Waals surface area contributed by atoms with Crippen LogP contribution in [0.3, 0.4) is 0 Å². The smallest absolute Gasteiger partial charge is 0.386 e. The van der Waals surface area contributed by atoms with E-state index < -0.39 is 11.9 Å². The predicted octanol–water partition coefficient (Wildman–Crippen LogP) is 0.956. The highest BCUT2D eigenvalue weighted by Crippen LogP contribution is 2.03. The summed E-state index contributed by atoms with van der Waals surface area (Å²) in [6.07, 6.45) is 0. The Morgan fingerprint density at radius 2 is 1.42 bits per heavy atom. The van der Waals surface area contributed by atoms with Crippen molar-refractivity contribution in [3.63, 3.8) is 0 Å². The van der Waals surface area contributed by atoms with E-state index in [1.807, 2.05) is 0 Å². The molecule has 1 radical (unpaired) electrons. The van der Waals surface area contributed by atoms with E-state index in [9.17, 15) is 14.7 Å². The van der Waals surface area contributed by atoms with Gasteiger partial charge in [0.05, 0.1) is 11.1 Å². The van der Waals surface area contributed by atoms with Gasteiger partial charge in [-0.25, -0.2) is 14.7 Å². The second-order valence-corrected chi connectivity index (χ2v) is 2.17. The minimum Gasteiger partial charge on any atom is -0.478 e. The van der Waals surface area contributed by atoms with Gasteiger partial charge in [-0.05, 0) is 24.3 Å². The van der Waals surface area contributed by atoms with Crippen molar-refractivity contribution >= 4 is 11.9 Å². The van der Waals surface area contributed by atoms with Gasteiger partial charge in [-0.1, -0.05) is 0 Å². The normalized spacial score (nSPS) is 9.33. The Morgan fingerprint density at radius 3 is 1.75 bits per heavy atom. The van der Waals surface area contributed by atoms with E-state index in [1.165, 1.54) is 24.3 Å². The SMILES string of the molecule is [O]C(=O)c1ccc(C(=O)O)cc1. The van der Waals surface area contributed by atoms with Crippen LogP contribution in [0.15, 0.2) is 24.3 Å². The molecule has 0 saturated heterocycles. The monoisotopic (exact) mass is 165 g/mol. The third-order valence-electron chi connectivity index (χ3n) is 1.37. The fraction of sp³-hybridized carbons (Fsp3) is 0. The number of carbonyl (C=O) groups excluding carboxylic acids is 1. The van der Waals surface area contributed by atoms with E-state index in [-0.39, 0.29) is 11.1 Å². The molecule has 0 atom stereocenters. The van der Waals surface area contributed by atoms with E-state index in [1.54, 1.807) is 0 Å². The van der Waals surface area contributed by atoms with Gasteiger partial charge in [0.1, 0.15) is 0 Å². The van der Waals surface area contributed by atoms with Crippen molar-refractivity contribution in [2.45, 2.75) is 0 Å². The molecule has 0 fully saturated rings. The second kappa shape index (κ2) is 3.04. The van der Waals surface area contributed by atoms with Gasteiger partial charge in [-0.2, -0.15) is 0 Å². The molecular formula is C8H5O4. The Hall–Kier alpha value is -1.84. The quantitative estimate of drug-likeness (QED) is 0.708. The van der Waals surface area contributed by atoms with Crippen LogP contribution in [-0.2, 0) is 5.11 Å². The standard InChI is InChI=1S/C8H5O4/c9-7(10)5-1-2-6(4-3-5)8(11)12/h1-4H,(H,9,10). The number of benzene rings is 1. The van der Waals surface area contributed by atoms with Crippen LogP contribution in [0.2, 0.25) is 0 Å². The Balaban J connectivity index is 3.01. The Kier molecular flexibility index (Phi) is 2.09. The highest BCUT2D eigenvalue weighted by molar-refractivity contribution is 5.91. The number of aromatic carboxylic acids is 1. The minimum atomic E-state index is -1.31. The molecule has 0 aromatic heterocycles. The van der Waals surface area contributed by atoms with Crippen LogP contribution in [0, 0.1) is 0 Å². The zero-order valence-electron chi connectivity index (χ0n) is 5.98. The lowest BCUT2D eigenvalue weighted by Crippen LogP contribution is -1.98. The van der Waals surface area contributed by atoms with Crippen molar-refractivity contribution in [2.24, 2.45) is 0 Å². The Bertz CT molecular complexity index is 279. The molecule has 0 aliphatic heterocycles. The summed E-state index contributed by atoms with van der Waals surface area (Å²) in [6, 6.07) is 4.82. The molecule has 0 heterocycles. The molecule has 0 unspecified atom stereocenters. The van der Waals surface area contributed by atoms with E-state index in [0.717, 1.165) is 0 Å². The molecular weight excluding hydrogens is 160 g/mol. The summed E-state index contributed by atoms with van der Waals surface area (Å²) in [6.45, 7) is 0. The van der Waals surface area contributed by atoms with Crippen molar-refractivity contribution < 1.29 is 19.8 Å². The number of hydrogen-bond donors (Lipinski definition) is 1. The van der Waals surface area contributed by atoms with E-state index >= 15 is 0 Å². The van der Waals surface area contributed by atoms with Gasteiger partial charge < -0.3 is 5.11 Å². The number of rotatable bonds is 2. The maximum absolute atomic E-state index is 10.3. The molecule has 0 aliphatic rings. The lowest BCUT2D eigenvalue weighted by atomic mass is 10.1. The van der Waals surface area contributed by atoms with Crippen molar-refractivity contribution in [3.05, 3.63) is 35.4 Å². The third-order valence-corrected chi connectivity index (χ3v) is 1.37. The molecule has 0 aliphatic carbocycles. The summed E-state index contributed by atoms with van der Waals surface area (Å²) in [5, 5.41) is 18.7. The summed E-state index contributed by atoms with van der Waals surface area (Å²) in [5.74, 6) is -2.40. The van der Waals surface area contributed by atoms with Crippen LogP contribution in [-0.4, -0.2) is 17.0 Å². The molecule has 0 bridgehead atoms. The van der Waals surface area contributed by atoms with Gasteiger partial charge in [0, 0.05) is 0 Å². The maximum atomic E-state index is 10.3. The summed E-state index contributed by atoms with van der Waals surface area (Å²) < 4.78 is 0. The van der Waals surface area contributed by atoms with Crippen LogP contribution in [0.5, 0.6) is 0 Å². The zero-order chi connectivity index (χ0) is 9.14. The number of carboxylic acids is 1. The summed E-state index contributed by atoms with van der Waals surface area (Å²) >= 11 is 0. The summed E-state index contributed by atoms with van der Waals surface area (Å²) in [7, 11) is 0. The van der Waals surface area contributed by atoms with Crippen molar-refractivity contribution in [1.82, 2.24) is 0 Å². The number of hydrogen-bond acceptors (Lipinski definition) is 2. The van der Waals surface area contributed by atoms with Gasteiger partial charge in [0.15, 0.2) is 0 Å². The van der Waals surface area contributed by atoms with Gasteiger partial charge >= 0.3 is 11.9 Å². The maximum Gasteiger partial charge on any atom is 0.386 e. The molecule has 0 saturated carbocycles. The minimum absolute atomic E-state index is 0.0278. The fourth-order valence-electron chi connectivity index (χ4n) is 0.749. The molecule has 61 valence electrons. The first kappa shape index (κ1) is 8.26. The lowest BCUT2D eigenvalue weighted by molar-refractivity contribution is 0.0571. The van der Waals surface area contributed by atoms with Crippen LogP contribution in [0.25, 0.3) is 0 Å². The molecule has 1 rings (SSSR count). The highest BCUT2D eigenvalue weighted by Gasteiger charge is 2.06. The average Bonchev–Trinajstić information content (AvgIpc) is 2.04. The van der Waals surface area contributed by atoms with Crippen LogP contribution in [0.4, 0.5) is 0 Å². The number of carbonyl (C=O) groups is 2. The molecule has 4 nitrogen and oxygen atoms in total. The zero-order valence-corrected chi connectivity index (χ0v) is 5.98. The second-order valence-electron chi connectivity index (χ2n) is 2.17. The third kappa shape index (κ3) is 1.60.